The predicted molar refractivity (Wildman–Crippen MR) is 89.9 cm³/mol. The van der Waals surface area contributed by atoms with Crippen molar-refractivity contribution in [2.75, 3.05) is 18.4 Å². The lowest BCUT2D eigenvalue weighted by Crippen LogP contribution is -2.30. The van der Waals surface area contributed by atoms with Gasteiger partial charge in [-0.15, -0.1) is 0 Å². The summed E-state index contributed by atoms with van der Waals surface area (Å²) in [5.41, 5.74) is 2.23. The molecule has 2 rings (SSSR count). The minimum absolute atomic E-state index is 0.0141. The molecule has 6 heteroatoms. The van der Waals surface area contributed by atoms with Crippen molar-refractivity contribution in [1.82, 2.24) is 14.7 Å². The largest absolute Gasteiger partial charge is 0.339 e. The zero-order valence-electron chi connectivity index (χ0n) is 14.0. The summed E-state index contributed by atoms with van der Waals surface area (Å²) in [6.07, 6.45) is 0. The number of anilines is 1. The van der Waals surface area contributed by atoms with Crippen LogP contribution < -0.4 is 5.32 Å². The molecule has 0 aliphatic rings. The molecule has 0 aliphatic carbocycles. The molecule has 1 N–H and O–H groups in total. The first kappa shape index (κ1) is 16.7. The van der Waals surface area contributed by atoms with Gasteiger partial charge in [0.15, 0.2) is 0 Å². The summed E-state index contributed by atoms with van der Waals surface area (Å²) in [4.78, 5) is 25.4. The monoisotopic (exact) mass is 314 g/mol. The van der Waals surface area contributed by atoms with Crippen molar-refractivity contribution in [3.8, 4) is 5.69 Å². The predicted octanol–water partition coefficient (Wildman–Crippen LogP) is 2.62. The second-order valence-corrected chi connectivity index (χ2v) is 5.29. The van der Waals surface area contributed by atoms with E-state index in [-0.39, 0.29) is 11.8 Å². The topological polar surface area (TPSA) is 67.2 Å². The average Bonchev–Trinajstić information content (AvgIpc) is 2.88. The minimum atomic E-state index is -0.153. The molecule has 1 aromatic heterocycles. The molecule has 0 saturated carbocycles. The van der Waals surface area contributed by atoms with E-state index < -0.39 is 0 Å². The van der Waals surface area contributed by atoms with Gasteiger partial charge in [-0.2, -0.15) is 5.10 Å². The number of nitrogens with one attached hydrogen (secondary N) is 1. The highest BCUT2D eigenvalue weighted by atomic mass is 16.2. The van der Waals surface area contributed by atoms with Crippen LogP contribution in [0.15, 0.2) is 30.3 Å². The van der Waals surface area contributed by atoms with Gasteiger partial charge in [-0.1, -0.05) is 0 Å². The Morgan fingerprint density at radius 3 is 2.30 bits per heavy atom. The molecule has 0 bridgehead atoms. The molecule has 1 aromatic carbocycles. The van der Waals surface area contributed by atoms with E-state index in [0.29, 0.717) is 24.5 Å². The van der Waals surface area contributed by atoms with Crippen molar-refractivity contribution in [3.63, 3.8) is 0 Å². The molecule has 1 heterocycles. The SMILES string of the molecule is CCN(CC)C(=O)c1ccc(-n2nc(C)cc2NC(C)=O)cc1. The molecule has 0 fully saturated rings. The smallest absolute Gasteiger partial charge is 0.253 e. The number of hydrogen-bond acceptors (Lipinski definition) is 3. The molecule has 23 heavy (non-hydrogen) atoms. The molecule has 0 atom stereocenters. The van der Waals surface area contributed by atoms with Crippen LogP contribution >= 0.6 is 0 Å². The van der Waals surface area contributed by atoms with Crippen LogP contribution in [0.2, 0.25) is 0 Å². The first-order valence-corrected chi connectivity index (χ1v) is 7.70. The third-order valence-electron chi connectivity index (χ3n) is 3.55. The van der Waals surface area contributed by atoms with Crippen LogP contribution in [-0.2, 0) is 4.79 Å². The molecule has 122 valence electrons. The molecule has 0 aliphatic heterocycles. The Morgan fingerprint density at radius 2 is 1.78 bits per heavy atom. The second kappa shape index (κ2) is 7.09. The quantitative estimate of drug-likeness (QED) is 0.922. The van der Waals surface area contributed by atoms with Gasteiger partial charge in [0.2, 0.25) is 5.91 Å². The van der Waals surface area contributed by atoms with Crippen molar-refractivity contribution in [2.45, 2.75) is 27.7 Å². The maximum absolute atomic E-state index is 12.3. The highest BCUT2D eigenvalue weighted by molar-refractivity contribution is 5.94. The Morgan fingerprint density at radius 1 is 1.17 bits per heavy atom. The Kier molecular flexibility index (Phi) is 5.16. The number of nitrogens with zero attached hydrogens (tertiary/aromatic N) is 3. The Balaban J connectivity index is 2.30. The van der Waals surface area contributed by atoms with Crippen molar-refractivity contribution < 1.29 is 9.59 Å². The van der Waals surface area contributed by atoms with Gasteiger partial charge in [0.1, 0.15) is 5.82 Å². The number of carbonyl (C=O) groups excluding carboxylic acids is 2. The van der Waals surface area contributed by atoms with Crippen LogP contribution in [-0.4, -0.2) is 39.6 Å². The first-order chi connectivity index (χ1) is 11.0. The lowest BCUT2D eigenvalue weighted by molar-refractivity contribution is -0.114. The zero-order valence-corrected chi connectivity index (χ0v) is 14.0. The van der Waals surface area contributed by atoms with Gasteiger partial charge in [-0.25, -0.2) is 4.68 Å². The summed E-state index contributed by atoms with van der Waals surface area (Å²) in [5, 5.41) is 7.14. The Labute approximate surface area is 136 Å². The highest BCUT2D eigenvalue weighted by Crippen LogP contribution is 2.18. The van der Waals surface area contributed by atoms with Gasteiger partial charge in [0, 0.05) is 31.6 Å². The summed E-state index contributed by atoms with van der Waals surface area (Å²) in [6, 6.07) is 9.02. The maximum Gasteiger partial charge on any atom is 0.253 e. The number of hydrogen-bond donors (Lipinski definition) is 1. The number of rotatable bonds is 5. The van der Waals surface area contributed by atoms with Gasteiger partial charge in [0.25, 0.3) is 5.91 Å². The molecule has 0 saturated heterocycles. The summed E-state index contributed by atoms with van der Waals surface area (Å²) in [7, 11) is 0. The third kappa shape index (κ3) is 3.77. The van der Waals surface area contributed by atoms with E-state index in [9.17, 15) is 9.59 Å². The van der Waals surface area contributed by atoms with Crippen LogP contribution in [0, 0.1) is 6.92 Å². The van der Waals surface area contributed by atoms with Crippen LogP contribution in [0.3, 0.4) is 0 Å². The minimum Gasteiger partial charge on any atom is -0.339 e. The molecule has 0 spiro atoms. The standard InChI is InChI=1S/C17H22N4O2/c1-5-20(6-2)17(23)14-7-9-15(10-8-14)21-16(18-13(4)22)11-12(3)19-21/h7-11H,5-6H2,1-4H3,(H,18,22). The van der Waals surface area contributed by atoms with E-state index in [0.717, 1.165) is 11.4 Å². The van der Waals surface area contributed by atoms with Crippen molar-refractivity contribution >= 4 is 17.6 Å². The fourth-order valence-electron chi connectivity index (χ4n) is 2.40. The molecule has 2 aromatic rings. The van der Waals surface area contributed by atoms with E-state index in [1.165, 1.54) is 6.92 Å². The van der Waals surface area contributed by atoms with Crippen molar-refractivity contribution in [3.05, 3.63) is 41.6 Å². The molecular formula is C17H22N4O2. The molecule has 2 amide bonds. The van der Waals surface area contributed by atoms with Gasteiger partial charge in [0.05, 0.1) is 11.4 Å². The molecule has 0 unspecified atom stereocenters. The van der Waals surface area contributed by atoms with Crippen LogP contribution in [0.25, 0.3) is 5.69 Å². The number of carbonyl (C=O) groups is 2. The number of amides is 2. The normalized spacial score (nSPS) is 10.4. The van der Waals surface area contributed by atoms with Crippen molar-refractivity contribution in [1.29, 1.82) is 0 Å². The second-order valence-electron chi connectivity index (χ2n) is 5.29. The fraction of sp³-hybridized carbons (Fsp3) is 0.353. The summed E-state index contributed by atoms with van der Waals surface area (Å²) in [5.74, 6) is 0.470. The number of benzene rings is 1. The fourth-order valence-corrected chi connectivity index (χ4v) is 2.40. The van der Waals surface area contributed by atoms with Gasteiger partial charge in [-0.05, 0) is 45.0 Å². The number of aryl methyl sites for hydroxylation is 1. The van der Waals surface area contributed by atoms with E-state index in [1.807, 2.05) is 32.9 Å². The lowest BCUT2D eigenvalue weighted by atomic mass is 10.2. The number of aromatic nitrogens is 2. The van der Waals surface area contributed by atoms with Gasteiger partial charge >= 0.3 is 0 Å². The molecule has 0 radical (unpaired) electrons. The van der Waals surface area contributed by atoms with Crippen LogP contribution in [0.5, 0.6) is 0 Å². The van der Waals surface area contributed by atoms with Crippen LogP contribution in [0.4, 0.5) is 5.82 Å². The summed E-state index contributed by atoms with van der Waals surface area (Å²) in [6.45, 7) is 8.60. The average molecular weight is 314 g/mol. The summed E-state index contributed by atoms with van der Waals surface area (Å²) >= 11 is 0. The van der Waals surface area contributed by atoms with E-state index in [2.05, 4.69) is 10.4 Å². The zero-order chi connectivity index (χ0) is 17.0. The molecule has 6 nitrogen and oxygen atoms in total. The maximum atomic E-state index is 12.3. The molecular weight excluding hydrogens is 292 g/mol. The van der Waals surface area contributed by atoms with Crippen molar-refractivity contribution in [2.24, 2.45) is 0 Å². The van der Waals surface area contributed by atoms with Gasteiger partial charge < -0.3 is 10.2 Å². The van der Waals surface area contributed by atoms with Crippen LogP contribution in [0.1, 0.15) is 36.8 Å². The van der Waals surface area contributed by atoms with E-state index in [1.54, 1.807) is 27.8 Å². The summed E-state index contributed by atoms with van der Waals surface area (Å²) < 4.78 is 1.66. The Hall–Kier alpha value is -2.63. The first-order valence-electron chi connectivity index (χ1n) is 7.70. The lowest BCUT2D eigenvalue weighted by Gasteiger charge is -2.18. The Bertz CT molecular complexity index is 700. The highest BCUT2D eigenvalue weighted by Gasteiger charge is 2.13. The van der Waals surface area contributed by atoms with Gasteiger partial charge in [-0.3, -0.25) is 9.59 Å². The van der Waals surface area contributed by atoms with E-state index in [4.69, 9.17) is 0 Å². The third-order valence-corrected chi connectivity index (χ3v) is 3.55. The van der Waals surface area contributed by atoms with E-state index >= 15 is 0 Å².